The highest BCUT2D eigenvalue weighted by atomic mass is 16.5. The van der Waals surface area contributed by atoms with E-state index >= 15 is 0 Å². The monoisotopic (exact) mass is 249 g/mol. The van der Waals surface area contributed by atoms with Crippen molar-refractivity contribution in [1.29, 1.82) is 0 Å². The van der Waals surface area contributed by atoms with Crippen molar-refractivity contribution < 1.29 is 14.3 Å². The highest BCUT2D eigenvalue weighted by Gasteiger charge is 2.25. The molecule has 4 nitrogen and oxygen atoms in total. The minimum absolute atomic E-state index is 0.118. The highest BCUT2D eigenvalue weighted by molar-refractivity contribution is 5.69. The third-order valence-electron chi connectivity index (χ3n) is 3.39. The molecule has 0 aliphatic carbocycles. The van der Waals surface area contributed by atoms with Crippen molar-refractivity contribution in [3.8, 4) is 5.75 Å². The van der Waals surface area contributed by atoms with Crippen LogP contribution in [0.2, 0.25) is 0 Å². The van der Waals surface area contributed by atoms with E-state index in [2.05, 4.69) is 11.0 Å². The molecular formula is C14H19NO3. The standard InChI is InChI=1S/C14H19NO3/c1-17-13-5-3-4-12(9-13)15-7-6-11(10-15)8-14(16)18-2/h3-5,9,11H,6-8,10H2,1-2H3. The number of nitrogens with zero attached hydrogens (tertiary/aromatic N) is 1. The molecule has 2 rings (SSSR count). The molecule has 1 aromatic rings. The van der Waals surface area contributed by atoms with E-state index in [0.717, 1.165) is 30.9 Å². The largest absolute Gasteiger partial charge is 0.497 e. The Kier molecular flexibility index (Phi) is 4.07. The van der Waals surface area contributed by atoms with Crippen molar-refractivity contribution >= 4 is 11.7 Å². The number of methoxy groups -OCH3 is 2. The fourth-order valence-electron chi connectivity index (χ4n) is 2.36. The van der Waals surface area contributed by atoms with E-state index in [1.807, 2.05) is 18.2 Å². The van der Waals surface area contributed by atoms with Crippen LogP contribution in [0.5, 0.6) is 5.75 Å². The third-order valence-corrected chi connectivity index (χ3v) is 3.39. The van der Waals surface area contributed by atoms with Gasteiger partial charge in [0.05, 0.1) is 20.6 Å². The summed E-state index contributed by atoms with van der Waals surface area (Å²) in [5, 5.41) is 0. The number of esters is 1. The van der Waals surface area contributed by atoms with Gasteiger partial charge in [-0.3, -0.25) is 4.79 Å². The Morgan fingerprint density at radius 1 is 1.44 bits per heavy atom. The van der Waals surface area contributed by atoms with E-state index in [1.54, 1.807) is 7.11 Å². The molecule has 0 N–H and O–H groups in total. The molecule has 0 bridgehead atoms. The molecule has 1 atom stereocenters. The van der Waals surface area contributed by atoms with Gasteiger partial charge < -0.3 is 14.4 Å². The summed E-state index contributed by atoms with van der Waals surface area (Å²) in [6, 6.07) is 8.02. The zero-order valence-corrected chi connectivity index (χ0v) is 10.9. The minimum Gasteiger partial charge on any atom is -0.497 e. The SMILES string of the molecule is COC(=O)CC1CCN(c2cccc(OC)c2)C1. The maximum absolute atomic E-state index is 11.3. The molecule has 98 valence electrons. The second-order valence-corrected chi connectivity index (χ2v) is 4.58. The average Bonchev–Trinajstić information content (AvgIpc) is 2.87. The van der Waals surface area contributed by atoms with Crippen LogP contribution in [-0.4, -0.2) is 33.3 Å². The smallest absolute Gasteiger partial charge is 0.305 e. The average molecular weight is 249 g/mol. The quantitative estimate of drug-likeness (QED) is 0.766. The number of carbonyl (C=O) groups is 1. The molecule has 0 radical (unpaired) electrons. The predicted octanol–water partition coefficient (Wildman–Crippen LogP) is 2.08. The summed E-state index contributed by atoms with van der Waals surface area (Å²) in [5.41, 5.74) is 1.15. The van der Waals surface area contributed by atoms with E-state index in [4.69, 9.17) is 9.47 Å². The zero-order valence-electron chi connectivity index (χ0n) is 10.9. The summed E-state index contributed by atoms with van der Waals surface area (Å²) in [7, 11) is 3.11. The Hall–Kier alpha value is -1.71. The molecule has 0 spiro atoms. The van der Waals surface area contributed by atoms with Gasteiger partial charge in [0.15, 0.2) is 0 Å². The lowest BCUT2D eigenvalue weighted by molar-refractivity contribution is -0.141. The van der Waals surface area contributed by atoms with Crippen LogP contribution >= 0.6 is 0 Å². The van der Waals surface area contributed by atoms with Crippen LogP contribution in [0.1, 0.15) is 12.8 Å². The van der Waals surface area contributed by atoms with Gasteiger partial charge in [0.2, 0.25) is 0 Å². The summed E-state index contributed by atoms with van der Waals surface area (Å²) < 4.78 is 9.93. The Balaban J connectivity index is 1.97. The van der Waals surface area contributed by atoms with Crippen LogP contribution in [-0.2, 0) is 9.53 Å². The molecule has 1 saturated heterocycles. The normalized spacial score (nSPS) is 18.8. The number of ether oxygens (including phenoxy) is 2. The van der Waals surface area contributed by atoms with Crippen molar-refractivity contribution in [3.63, 3.8) is 0 Å². The van der Waals surface area contributed by atoms with Crippen molar-refractivity contribution in [3.05, 3.63) is 24.3 Å². The summed E-state index contributed by atoms with van der Waals surface area (Å²) >= 11 is 0. The van der Waals surface area contributed by atoms with Crippen LogP contribution in [0.3, 0.4) is 0 Å². The summed E-state index contributed by atoms with van der Waals surface area (Å²) in [6.07, 6.45) is 1.54. The summed E-state index contributed by atoms with van der Waals surface area (Å²) in [6.45, 7) is 1.89. The molecule has 0 amide bonds. The number of anilines is 1. The maximum Gasteiger partial charge on any atom is 0.305 e. The van der Waals surface area contributed by atoms with Crippen LogP contribution in [0.15, 0.2) is 24.3 Å². The Morgan fingerprint density at radius 2 is 2.28 bits per heavy atom. The van der Waals surface area contributed by atoms with Crippen molar-refractivity contribution in [2.45, 2.75) is 12.8 Å². The fraction of sp³-hybridized carbons (Fsp3) is 0.500. The molecule has 1 aliphatic heterocycles. The number of rotatable bonds is 4. The van der Waals surface area contributed by atoms with Gasteiger partial charge in [0.1, 0.15) is 5.75 Å². The Morgan fingerprint density at radius 3 is 3.00 bits per heavy atom. The van der Waals surface area contributed by atoms with Crippen molar-refractivity contribution in [2.75, 3.05) is 32.2 Å². The molecule has 1 unspecified atom stereocenters. The first-order valence-electron chi connectivity index (χ1n) is 6.18. The number of hydrogen-bond acceptors (Lipinski definition) is 4. The molecular weight excluding hydrogens is 230 g/mol. The van der Waals surface area contributed by atoms with Gasteiger partial charge in [-0.05, 0) is 24.5 Å². The molecule has 0 aromatic heterocycles. The lowest BCUT2D eigenvalue weighted by atomic mass is 10.1. The Bertz CT molecular complexity index is 419. The topological polar surface area (TPSA) is 38.8 Å². The second-order valence-electron chi connectivity index (χ2n) is 4.58. The van der Waals surface area contributed by atoms with Gasteiger partial charge in [0.25, 0.3) is 0 Å². The van der Waals surface area contributed by atoms with Crippen LogP contribution in [0.25, 0.3) is 0 Å². The molecule has 1 fully saturated rings. The van der Waals surface area contributed by atoms with E-state index < -0.39 is 0 Å². The van der Waals surface area contributed by atoms with E-state index in [-0.39, 0.29) is 5.97 Å². The number of hydrogen-bond donors (Lipinski definition) is 0. The maximum atomic E-state index is 11.3. The molecule has 1 heterocycles. The molecule has 4 heteroatoms. The van der Waals surface area contributed by atoms with Gasteiger partial charge >= 0.3 is 5.97 Å². The molecule has 1 aromatic carbocycles. The Labute approximate surface area is 107 Å². The highest BCUT2D eigenvalue weighted by Crippen LogP contribution is 2.28. The van der Waals surface area contributed by atoms with Crippen LogP contribution in [0.4, 0.5) is 5.69 Å². The second kappa shape index (κ2) is 5.76. The first kappa shape index (κ1) is 12.7. The minimum atomic E-state index is -0.118. The summed E-state index contributed by atoms with van der Waals surface area (Å²) in [5.74, 6) is 1.14. The van der Waals surface area contributed by atoms with Gasteiger partial charge in [0, 0.05) is 24.8 Å². The fourth-order valence-corrected chi connectivity index (χ4v) is 2.36. The van der Waals surface area contributed by atoms with Gasteiger partial charge in [-0.15, -0.1) is 0 Å². The van der Waals surface area contributed by atoms with E-state index in [0.29, 0.717) is 12.3 Å². The van der Waals surface area contributed by atoms with Crippen LogP contribution in [0, 0.1) is 5.92 Å². The van der Waals surface area contributed by atoms with Gasteiger partial charge in [-0.25, -0.2) is 0 Å². The predicted molar refractivity (Wildman–Crippen MR) is 69.9 cm³/mol. The third kappa shape index (κ3) is 2.94. The summed E-state index contributed by atoms with van der Waals surface area (Å²) in [4.78, 5) is 13.5. The number of carbonyl (C=O) groups excluding carboxylic acids is 1. The molecule has 18 heavy (non-hydrogen) atoms. The van der Waals surface area contributed by atoms with Gasteiger partial charge in [-0.1, -0.05) is 6.07 Å². The van der Waals surface area contributed by atoms with E-state index in [1.165, 1.54) is 7.11 Å². The molecule has 1 aliphatic rings. The van der Waals surface area contributed by atoms with Crippen molar-refractivity contribution in [2.24, 2.45) is 5.92 Å². The first-order valence-corrected chi connectivity index (χ1v) is 6.18. The molecule has 0 saturated carbocycles. The van der Waals surface area contributed by atoms with Crippen molar-refractivity contribution in [1.82, 2.24) is 0 Å². The lowest BCUT2D eigenvalue weighted by Gasteiger charge is -2.19. The number of benzene rings is 1. The van der Waals surface area contributed by atoms with E-state index in [9.17, 15) is 4.79 Å². The first-order chi connectivity index (χ1) is 8.72. The van der Waals surface area contributed by atoms with Crippen LogP contribution < -0.4 is 9.64 Å². The van der Waals surface area contributed by atoms with Gasteiger partial charge in [-0.2, -0.15) is 0 Å². The zero-order chi connectivity index (χ0) is 13.0. The lowest BCUT2D eigenvalue weighted by Crippen LogP contribution is -2.20.